The third-order valence-electron chi connectivity index (χ3n) is 2.01. The van der Waals surface area contributed by atoms with Crippen LogP contribution < -0.4 is 10.0 Å². The molecule has 0 amide bonds. The quantitative estimate of drug-likeness (QED) is 0.498. The summed E-state index contributed by atoms with van der Waals surface area (Å²) in [5, 5.41) is 2.96. The van der Waals surface area contributed by atoms with Crippen molar-refractivity contribution in [1.82, 2.24) is 10.0 Å². The van der Waals surface area contributed by atoms with Crippen LogP contribution in [-0.4, -0.2) is 60.7 Å². The molecule has 0 bridgehead atoms. The second kappa shape index (κ2) is 8.89. The Morgan fingerprint density at radius 1 is 1.31 bits per heavy atom. The van der Waals surface area contributed by atoms with Crippen LogP contribution in [-0.2, 0) is 19.5 Å². The Kier molecular flexibility index (Phi) is 8.77. The van der Waals surface area contributed by atoms with Gasteiger partial charge in [0.25, 0.3) is 0 Å². The van der Waals surface area contributed by atoms with Gasteiger partial charge in [-0.05, 0) is 6.54 Å². The molecule has 0 aliphatic rings. The normalized spacial score (nSPS) is 13.9. The average Bonchev–Trinajstić information content (AvgIpc) is 2.24. The Labute approximate surface area is 97.7 Å². The second-order valence-electron chi connectivity index (χ2n) is 3.33. The molecule has 1 unspecified atom stereocenters. The number of sulfonamides is 1. The van der Waals surface area contributed by atoms with Crippen molar-refractivity contribution in [3.8, 4) is 0 Å². The van der Waals surface area contributed by atoms with Crippen molar-refractivity contribution >= 4 is 10.0 Å². The zero-order valence-corrected chi connectivity index (χ0v) is 11.0. The van der Waals surface area contributed by atoms with E-state index >= 15 is 0 Å². The number of methoxy groups -OCH3 is 2. The van der Waals surface area contributed by atoms with E-state index in [1.165, 1.54) is 7.11 Å². The molecule has 0 aliphatic carbocycles. The molecule has 0 rings (SSSR count). The lowest BCUT2D eigenvalue weighted by atomic mass is 10.4. The summed E-state index contributed by atoms with van der Waals surface area (Å²) in [6, 6.07) is 0. The largest absolute Gasteiger partial charge is 0.382 e. The van der Waals surface area contributed by atoms with Crippen LogP contribution in [0.3, 0.4) is 0 Å². The topological polar surface area (TPSA) is 76.7 Å². The number of rotatable bonds is 10. The third kappa shape index (κ3) is 8.00. The fourth-order valence-electron chi connectivity index (χ4n) is 1.07. The van der Waals surface area contributed by atoms with Crippen LogP contribution >= 0.6 is 0 Å². The van der Waals surface area contributed by atoms with Crippen LogP contribution in [0.25, 0.3) is 0 Å². The summed E-state index contributed by atoms with van der Waals surface area (Å²) in [7, 11) is -0.154. The van der Waals surface area contributed by atoms with Crippen LogP contribution in [0.2, 0.25) is 0 Å². The van der Waals surface area contributed by atoms with Gasteiger partial charge in [0.2, 0.25) is 10.0 Å². The van der Waals surface area contributed by atoms with Gasteiger partial charge < -0.3 is 14.8 Å². The van der Waals surface area contributed by atoms with Crippen LogP contribution in [0.15, 0.2) is 0 Å². The summed E-state index contributed by atoms with van der Waals surface area (Å²) in [6.07, 6.45) is -0.251. The number of nitrogens with one attached hydrogen (secondary N) is 2. The summed E-state index contributed by atoms with van der Waals surface area (Å²) in [5.41, 5.74) is 0. The van der Waals surface area contributed by atoms with E-state index in [9.17, 15) is 8.42 Å². The molecule has 0 saturated carbocycles. The lowest BCUT2D eigenvalue weighted by Crippen LogP contribution is -2.38. The van der Waals surface area contributed by atoms with Crippen molar-refractivity contribution in [3.63, 3.8) is 0 Å². The van der Waals surface area contributed by atoms with Gasteiger partial charge in [0.15, 0.2) is 0 Å². The minimum absolute atomic E-state index is 0.0737. The maximum Gasteiger partial charge on any atom is 0.212 e. The summed E-state index contributed by atoms with van der Waals surface area (Å²) in [4.78, 5) is 0. The first-order valence-corrected chi connectivity index (χ1v) is 6.90. The van der Waals surface area contributed by atoms with E-state index < -0.39 is 10.0 Å². The van der Waals surface area contributed by atoms with Gasteiger partial charge in [-0.3, -0.25) is 0 Å². The fraction of sp³-hybridized carbons (Fsp3) is 1.00. The number of ether oxygens (including phenoxy) is 2. The van der Waals surface area contributed by atoms with E-state index in [1.54, 1.807) is 7.11 Å². The van der Waals surface area contributed by atoms with Crippen molar-refractivity contribution in [1.29, 1.82) is 0 Å². The molecule has 0 radical (unpaired) electrons. The molecule has 6 nitrogen and oxygen atoms in total. The Morgan fingerprint density at radius 3 is 2.50 bits per heavy atom. The van der Waals surface area contributed by atoms with Crippen molar-refractivity contribution in [2.75, 3.05) is 46.2 Å². The predicted octanol–water partition coefficient (Wildman–Crippen LogP) is -0.823. The molecule has 0 aliphatic heterocycles. The minimum atomic E-state index is -3.23. The first-order chi connectivity index (χ1) is 7.55. The van der Waals surface area contributed by atoms with Crippen molar-refractivity contribution in [2.45, 2.75) is 13.0 Å². The second-order valence-corrected chi connectivity index (χ2v) is 5.26. The van der Waals surface area contributed by atoms with Gasteiger partial charge in [0, 0.05) is 27.3 Å². The summed E-state index contributed by atoms with van der Waals surface area (Å²) in [6.45, 7) is 3.75. The van der Waals surface area contributed by atoms with E-state index in [1.807, 2.05) is 6.92 Å². The van der Waals surface area contributed by atoms with Gasteiger partial charge >= 0.3 is 0 Å². The Morgan fingerprint density at radius 2 is 2.00 bits per heavy atom. The highest BCUT2D eigenvalue weighted by Crippen LogP contribution is 1.91. The Hall–Kier alpha value is -0.210. The monoisotopic (exact) mass is 254 g/mol. The molecule has 0 aromatic carbocycles. The highest BCUT2D eigenvalue weighted by atomic mass is 32.2. The summed E-state index contributed by atoms with van der Waals surface area (Å²) >= 11 is 0. The molecule has 7 heteroatoms. The van der Waals surface area contributed by atoms with Crippen LogP contribution in [0, 0.1) is 0 Å². The van der Waals surface area contributed by atoms with E-state index in [2.05, 4.69) is 10.0 Å². The lowest BCUT2D eigenvalue weighted by Gasteiger charge is -2.15. The van der Waals surface area contributed by atoms with Gasteiger partial charge in [0.1, 0.15) is 0 Å². The molecule has 0 fully saturated rings. The van der Waals surface area contributed by atoms with E-state index in [4.69, 9.17) is 9.47 Å². The molecule has 0 saturated heterocycles. The number of hydrogen-bond donors (Lipinski definition) is 2. The van der Waals surface area contributed by atoms with Gasteiger partial charge in [-0.25, -0.2) is 13.1 Å². The lowest BCUT2D eigenvalue weighted by molar-refractivity contribution is 0.0320. The molecule has 1 atom stereocenters. The van der Waals surface area contributed by atoms with Crippen molar-refractivity contribution in [2.24, 2.45) is 0 Å². The SMILES string of the molecule is CCNCCS(=O)(=O)NCC(COC)OC. The molecular formula is C9H22N2O4S. The summed E-state index contributed by atoms with van der Waals surface area (Å²) in [5.74, 6) is 0.0737. The highest BCUT2D eigenvalue weighted by molar-refractivity contribution is 7.89. The van der Waals surface area contributed by atoms with Gasteiger partial charge in [0.05, 0.1) is 18.5 Å². The van der Waals surface area contributed by atoms with Crippen LogP contribution in [0.1, 0.15) is 6.92 Å². The Balaban J connectivity index is 3.87. The molecule has 0 aromatic rings. The first kappa shape index (κ1) is 15.8. The fourth-order valence-corrected chi connectivity index (χ4v) is 2.07. The molecule has 0 spiro atoms. The third-order valence-corrected chi connectivity index (χ3v) is 3.36. The summed E-state index contributed by atoms with van der Waals surface area (Å²) < 4.78 is 35.4. The molecule has 16 heavy (non-hydrogen) atoms. The maximum atomic E-state index is 11.5. The maximum absolute atomic E-state index is 11.5. The van der Waals surface area contributed by atoms with E-state index in [0.717, 1.165) is 6.54 Å². The van der Waals surface area contributed by atoms with Gasteiger partial charge in [-0.1, -0.05) is 6.92 Å². The van der Waals surface area contributed by atoms with Crippen LogP contribution in [0.4, 0.5) is 0 Å². The van der Waals surface area contributed by atoms with Crippen molar-refractivity contribution < 1.29 is 17.9 Å². The van der Waals surface area contributed by atoms with Gasteiger partial charge in [-0.2, -0.15) is 0 Å². The first-order valence-electron chi connectivity index (χ1n) is 5.25. The van der Waals surface area contributed by atoms with E-state index in [-0.39, 0.29) is 18.4 Å². The number of hydrogen-bond acceptors (Lipinski definition) is 5. The standard InChI is InChI=1S/C9H22N2O4S/c1-4-10-5-6-16(12,13)11-7-9(15-3)8-14-2/h9-11H,4-8H2,1-3H3. The van der Waals surface area contributed by atoms with Gasteiger partial charge in [-0.15, -0.1) is 0 Å². The Bertz CT molecular complexity index is 256. The molecule has 0 aromatic heterocycles. The molecular weight excluding hydrogens is 232 g/mol. The zero-order valence-electron chi connectivity index (χ0n) is 10.2. The van der Waals surface area contributed by atoms with Crippen molar-refractivity contribution in [3.05, 3.63) is 0 Å². The molecule has 2 N–H and O–H groups in total. The van der Waals surface area contributed by atoms with E-state index in [0.29, 0.717) is 13.2 Å². The predicted molar refractivity (Wildman–Crippen MR) is 63.0 cm³/mol. The molecule has 98 valence electrons. The minimum Gasteiger partial charge on any atom is -0.382 e. The smallest absolute Gasteiger partial charge is 0.212 e. The molecule has 0 heterocycles. The average molecular weight is 254 g/mol. The van der Waals surface area contributed by atoms with Crippen LogP contribution in [0.5, 0.6) is 0 Å². The highest BCUT2D eigenvalue weighted by Gasteiger charge is 2.13. The zero-order chi connectivity index (χ0) is 12.4.